The number of carboxylic acid groups (broad SMARTS) is 1. The molecule has 0 radical (unpaired) electrons. The van der Waals surface area contributed by atoms with Gasteiger partial charge in [0.15, 0.2) is 18.7 Å². The topological polar surface area (TPSA) is 205 Å². The third-order valence-electron chi connectivity index (χ3n) is 7.15. The van der Waals surface area contributed by atoms with E-state index < -0.39 is 80.1 Å². The second kappa shape index (κ2) is 13.7. The SMILES string of the molecule is C[C@H]1O[C@H](OCCO[C@H]2O[C@H](CO)[C@H](O)[C@H](O[C@@H](CC3CCCCC3)C(=O)O)[C@@H]2O)[C@@H](O)[C@H](O)[C@H]1O. The molecule has 0 aromatic rings. The van der Waals surface area contributed by atoms with Crippen LogP contribution in [0.25, 0.3) is 0 Å². The summed E-state index contributed by atoms with van der Waals surface area (Å²) in [4.78, 5) is 11.9. The number of hydrogen-bond acceptors (Lipinski definition) is 12. The first-order valence-electron chi connectivity index (χ1n) is 12.6. The highest BCUT2D eigenvalue weighted by molar-refractivity contribution is 5.72. The average molecular weight is 525 g/mol. The summed E-state index contributed by atoms with van der Waals surface area (Å²) < 4.78 is 27.3. The van der Waals surface area contributed by atoms with Crippen LogP contribution < -0.4 is 0 Å². The molecule has 0 aromatic carbocycles. The minimum absolute atomic E-state index is 0.166. The van der Waals surface area contributed by atoms with Gasteiger partial charge in [-0.15, -0.1) is 0 Å². The second-order valence-electron chi connectivity index (χ2n) is 9.80. The van der Waals surface area contributed by atoms with E-state index in [1.165, 1.54) is 6.92 Å². The van der Waals surface area contributed by atoms with Gasteiger partial charge in [-0.2, -0.15) is 0 Å². The fourth-order valence-corrected chi connectivity index (χ4v) is 4.96. The van der Waals surface area contributed by atoms with Gasteiger partial charge in [-0.25, -0.2) is 4.79 Å². The lowest BCUT2D eigenvalue weighted by molar-refractivity contribution is -0.321. The maximum absolute atomic E-state index is 11.9. The normalized spacial score (nSPS) is 41.2. The van der Waals surface area contributed by atoms with E-state index in [0.717, 1.165) is 32.1 Å². The Morgan fingerprint density at radius 1 is 0.861 bits per heavy atom. The minimum Gasteiger partial charge on any atom is -0.479 e. The third kappa shape index (κ3) is 7.32. The summed E-state index contributed by atoms with van der Waals surface area (Å²) in [5.74, 6) is -1.03. The van der Waals surface area contributed by atoms with Gasteiger partial charge in [0.2, 0.25) is 0 Å². The molecule has 2 saturated heterocycles. The van der Waals surface area contributed by atoms with Gasteiger partial charge >= 0.3 is 5.97 Å². The van der Waals surface area contributed by atoms with Crippen molar-refractivity contribution < 1.29 is 64.2 Å². The van der Waals surface area contributed by atoms with E-state index in [0.29, 0.717) is 0 Å². The number of carboxylic acids is 1. The summed E-state index contributed by atoms with van der Waals surface area (Å²) in [6, 6.07) is 0. The van der Waals surface area contributed by atoms with Gasteiger partial charge in [0.05, 0.1) is 25.9 Å². The van der Waals surface area contributed by atoms with Crippen molar-refractivity contribution in [2.24, 2.45) is 5.92 Å². The van der Waals surface area contributed by atoms with Crippen molar-refractivity contribution in [2.45, 2.75) is 113 Å². The minimum atomic E-state index is -1.57. The molecule has 1 saturated carbocycles. The van der Waals surface area contributed by atoms with Crippen LogP contribution in [0, 0.1) is 5.92 Å². The smallest absolute Gasteiger partial charge is 0.332 e. The lowest BCUT2D eigenvalue weighted by Crippen LogP contribution is -2.61. The molecule has 0 bridgehead atoms. The summed E-state index contributed by atoms with van der Waals surface area (Å²) in [6.45, 7) is 0.538. The molecule has 2 heterocycles. The number of aliphatic carboxylic acids is 1. The van der Waals surface area contributed by atoms with E-state index in [2.05, 4.69) is 0 Å². The predicted octanol–water partition coefficient (Wildman–Crippen LogP) is -1.91. The summed E-state index contributed by atoms with van der Waals surface area (Å²) >= 11 is 0. The van der Waals surface area contributed by atoms with Gasteiger partial charge in [-0.05, 0) is 19.3 Å². The number of aliphatic hydroxyl groups is 6. The van der Waals surface area contributed by atoms with Gasteiger partial charge in [0, 0.05) is 0 Å². The fourth-order valence-electron chi connectivity index (χ4n) is 4.96. The number of rotatable bonds is 11. The number of hydrogen-bond donors (Lipinski definition) is 7. The summed E-state index contributed by atoms with van der Waals surface area (Å²) in [5, 5.41) is 70.2. The molecule has 0 unspecified atom stereocenters. The Bertz CT molecular complexity index is 674. The Balaban J connectivity index is 1.55. The van der Waals surface area contributed by atoms with E-state index in [1.54, 1.807) is 0 Å². The highest BCUT2D eigenvalue weighted by Gasteiger charge is 2.48. The first kappa shape index (κ1) is 29.6. The van der Waals surface area contributed by atoms with Crippen LogP contribution in [0.3, 0.4) is 0 Å². The quantitative estimate of drug-likeness (QED) is 0.148. The zero-order valence-corrected chi connectivity index (χ0v) is 20.4. The first-order valence-corrected chi connectivity index (χ1v) is 12.6. The van der Waals surface area contributed by atoms with Crippen LogP contribution in [-0.4, -0.2) is 129 Å². The lowest BCUT2D eigenvalue weighted by atomic mass is 9.85. The predicted molar refractivity (Wildman–Crippen MR) is 120 cm³/mol. The monoisotopic (exact) mass is 524 g/mol. The Morgan fingerprint density at radius 3 is 2.06 bits per heavy atom. The Hall–Kier alpha value is -0.970. The molecule has 210 valence electrons. The number of ether oxygens (including phenoxy) is 5. The molecule has 7 N–H and O–H groups in total. The zero-order valence-electron chi connectivity index (χ0n) is 20.4. The van der Waals surface area contributed by atoms with Gasteiger partial charge < -0.3 is 59.4 Å². The van der Waals surface area contributed by atoms with Gasteiger partial charge in [0.1, 0.15) is 42.7 Å². The van der Waals surface area contributed by atoms with Crippen LogP contribution in [-0.2, 0) is 28.5 Å². The summed E-state index contributed by atoms with van der Waals surface area (Å²) in [5.41, 5.74) is 0. The third-order valence-corrected chi connectivity index (χ3v) is 7.15. The fraction of sp³-hybridized carbons (Fsp3) is 0.957. The summed E-state index contributed by atoms with van der Waals surface area (Å²) in [7, 11) is 0. The number of aliphatic hydroxyl groups excluding tert-OH is 6. The van der Waals surface area contributed by atoms with Gasteiger partial charge in [-0.1, -0.05) is 32.1 Å². The van der Waals surface area contributed by atoms with E-state index in [-0.39, 0.29) is 25.6 Å². The van der Waals surface area contributed by atoms with Crippen LogP contribution in [0.2, 0.25) is 0 Å². The van der Waals surface area contributed by atoms with Crippen molar-refractivity contribution >= 4 is 5.97 Å². The highest BCUT2D eigenvalue weighted by Crippen LogP contribution is 2.31. The van der Waals surface area contributed by atoms with E-state index in [4.69, 9.17) is 23.7 Å². The second-order valence-corrected chi connectivity index (χ2v) is 9.80. The summed E-state index contributed by atoms with van der Waals surface area (Å²) in [6.07, 6.45) is -9.28. The molecular formula is C23H40O13. The van der Waals surface area contributed by atoms with Crippen molar-refractivity contribution in [1.82, 2.24) is 0 Å². The Morgan fingerprint density at radius 2 is 1.47 bits per heavy atom. The Kier molecular flexibility index (Phi) is 11.3. The molecular weight excluding hydrogens is 484 g/mol. The van der Waals surface area contributed by atoms with Crippen LogP contribution >= 0.6 is 0 Å². The van der Waals surface area contributed by atoms with Gasteiger partial charge in [-0.3, -0.25) is 0 Å². The molecule has 0 aromatic heterocycles. The van der Waals surface area contributed by atoms with E-state index in [1.807, 2.05) is 0 Å². The molecule has 3 aliphatic rings. The van der Waals surface area contributed by atoms with Crippen molar-refractivity contribution in [3.63, 3.8) is 0 Å². The van der Waals surface area contributed by atoms with Gasteiger partial charge in [0.25, 0.3) is 0 Å². The van der Waals surface area contributed by atoms with E-state index in [9.17, 15) is 40.5 Å². The molecule has 11 atom stereocenters. The van der Waals surface area contributed by atoms with Crippen molar-refractivity contribution in [3.8, 4) is 0 Å². The molecule has 0 amide bonds. The standard InChI is InChI=1S/C23H40O13/c1-11-15(25)17(27)18(28)22(34-11)32-7-8-33-23-19(29)20(16(26)14(10-24)36-23)35-13(21(30)31)9-12-5-3-2-4-6-12/h11-20,22-29H,2-10H2,1H3,(H,30,31)/t11-,13+,14-,15+,16+,17-,18+,19+,20+,22+,23+/m1/s1. The maximum Gasteiger partial charge on any atom is 0.332 e. The highest BCUT2D eigenvalue weighted by atomic mass is 16.7. The molecule has 0 spiro atoms. The molecule has 2 aliphatic heterocycles. The molecule has 13 nitrogen and oxygen atoms in total. The van der Waals surface area contributed by atoms with E-state index >= 15 is 0 Å². The maximum atomic E-state index is 11.9. The van der Waals surface area contributed by atoms with Crippen molar-refractivity contribution in [3.05, 3.63) is 0 Å². The zero-order chi connectivity index (χ0) is 26.4. The number of carbonyl (C=O) groups is 1. The Labute approximate surface area is 209 Å². The van der Waals surface area contributed by atoms with Crippen LogP contribution in [0.4, 0.5) is 0 Å². The lowest BCUT2D eigenvalue weighted by Gasteiger charge is -2.43. The van der Waals surface area contributed by atoms with Crippen LogP contribution in [0.1, 0.15) is 45.4 Å². The average Bonchev–Trinajstić information content (AvgIpc) is 2.86. The molecule has 36 heavy (non-hydrogen) atoms. The largest absolute Gasteiger partial charge is 0.479 e. The first-order chi connectivity index (χ1) is 17.1. The molecule has 3 rings (SSSR count). The molecule has 1 aliphatic carbocycles. The van der Waals surface area contributed by atoms with Crippen molar-refractivity contribution in [1.29, 1.82) is 0 Å². The van der Waals surface area contributed by atoms with Crippen LogP contribution in [0.15, 0.2) is 0 Å². The molecule has 3 fully saturated rings. The molecule has 13 heteroatoms. The van der Waals surface area contributed by atoms with Crippen LogP contribution in [0.5, 0.6) is 0 Å². The van der Waals surface area contributed by atoms with Crippen molar-refractivity contribution in [2.75, 3.05) is 19.8 Å².